The maximum atomic E-state index is 12.7. The highest BCUT2D eigenvalue weighted by atomic mass is 31.2. The predicted octanol–water partition coefficient (Wildman–Crippen LogP) is 18.8. The van der Waals surface area contributed by atoms with Gasteiger partial charge in [0.2, 0.25) is 0 Å². The van der Waals surface area contributed by atoms with Crippen molar-refractivity contribution in [2.45, 2.75) is 245 Å². The number of carbonyl (C=O) groups is 2. The predicted molar refractivity (Wildman–Crippen MR) is 316 cm³/mol. The first kappa shape index (κ1) is 70.4. The Morgan fingerprint density at radius 3 is 1.12 bits per heavy atom. The lowest BCUT2D eigenvalue weighted by Crippen LogP contribution is -2.29. The van der Waals surface area contributed by atoms with Gasteiger partial charge in [0.05, 0.1) is 13.2 Å². The van der Waals surface area contributed by atoms with Crippen LogP contribution in [0.3, 0.4) is 0 Å². The van der Waals surface area contributed by atoms with Crippen LogP contribution in [0.4, 0.5) is 0 Å². The van der Waals surface area contributed by atoms with E-state index < -0.39 is 32.5 Å². The molecule has 0 aromatic rings. The molecule has 0 saturated heterocycles. The highest BCUT2D eigenvalue weighted by Crippen LogP contribution is 2.43. The van der Waals surface area contributed by atoms with Gasteiger partial charge < -0.3 is 20.1 Å². The van der Waals surface area contributed by atoms with Crippen molar-refractivity contribution in [1.29, 1.82) is 0 Å². The number of phosphoric acid groups is 1. The Morgan fingerprint density at radius 1 is 0.419 bits per heavy atom. The van der Waals surface area contributed by atoms with Gasteiger partial charge in [-0.25, -0.2) is 4.57 Å². The second-order valence-corrected chi connectivity index (χ2v) is 20.6. The van der Waals surface area contributed by atoms with Gasteiger partial charge in [-0.05, 0) is 109 Å². The van der Waals surface area contributed by atoms with Crippen molar-refractivity contribution >= 4 is 19.8 Å². The smallest absolute Gasteiger partial charge is 0.462 e. The van der Waals surface area contributed by atoms with Crippen molar-refractivity contribution in [2.75, 3.05) is 26.4 Å². The molecule has 0 spiro atoms. The molecule has 3 N–H and O–H groups in total. The molecule has 0 saturated carbocycles. The fourth-order valence-electron chi connectivity index (χ4n) is 7.74. The monoisotopic (exact) mass is 1050 g/mol. The third kappa shape index (κ3) is 57.7. The standard InChI is InChI=1S/C64H108NO8P/c1-3-5-7-9-11-13-15-17-19-20-21-22-23-24-25-26-27-28-29-30-31-32-33-34-35-36-37-38-39-40-41-42-43-45-47-49-51-53-55-57-64(67)73-62(61-72-74(68,69)71-59-58-65)60-70-63(66)56-54-52-50-48-46-44-18-16-14-12-10-8-6-4-2/h5,7,11,13,16-19,21-22,24-25,27-28,30-31,33-34,36-37,62H,3-4,6,8-10,12,14-15,20,23,26,29,32,35,38-61,65H2,1-2H3,(H,68,69)/b7-5-,13-11-,18-16-,19-17-,22-21-,25-24-,28-27-,31-30-,34-33-,37-36-. The van der Waals surface area contributed by atoms with Crippen LogP contribution in [0, 0.1) is 0 Å². The highest BCUT2D eigenvalue weighted by Gasteiger charge is 2.26. The number of hydrogen-bond acceptors (Lipinski definition) is 8. The molecule has 74 heavy (non-hydrogen) atoms. The van der Waals surface area contributed by atoms with E-state index >= 15 is 0 Å². The van der Waals surface area contributed by atoms with Crippen LogP contribution in [0.15, 0.2) is 122 Å². The number of rotatable bonds is 54. The zero-order valence-electron chi connectivity index (χ0n) is 47.0. The molecular weight excluding hydrogens is 942 g/mol. The second-order valence-electron chi connectivity index (χ2n) is 19.1. The van der Waals surface area contributed by atoms with E-state index in [9.17, 15) is 19.0 Å². The Balaban J connectivity index is 3.94. The Labute approximate surface area is 453 Å². The number of carbonyl (C=O) groups excluding carboxylic acids is 2. The van der Waals surface area contributed by atoms with Crippen LogP contribution in [0.5, 0.6) is 0 Å². The van der Waals surface area contributed by atoms with Gasteiger partial charge in [0.25, 0.3) is 0 Å². The molecule has 2 atom stereocenters. The average molecular weight is 1050 g/mol. The maximum absolute atomic E-state index is 12.7. The summed E-state index contributed by atoms with van der Waals surface area (Å²) in [6.07, 6.45) is 81.2. The minimum atomic E-state index is -4.39. The zero-order valence-corrected chi connectivity index (χ0v) is 47.9. The number of unbranched alkanes of at least 4 members (excludes halogenated alkanes) is 21. The van der Waals surface area contributed by atoms with Crippen LogP contribution in [-0.2, 0) is 32.7 Å². The molecule has 2 unspecified atom stereocenters. The summed E-state index contributed by atoms with van der Waals surface area (Å²) in [4.78, 5) is 35.1. The maximum Gasteiger partial charge on any atom is 0.472 e. The van der Waals surface area contributed by atoms with Gasteiger partial charge in [-0.2, -0.15) is 0 Å². The first-order valence-electron chi connectivity index (χ1n) is 29.5. The topological polar surface area (TPSA) is 134 Å². The zero-order chi connectivity index (χ0) is 53.8. The summed E-state index contributed by atoms with van der Waals surface area (Å²) in [5.74, 6) is -0.845. The van der Waals surface area contributed by atoms with Crippen molar-refractivity contribution in [2.24, 2.45) is 5.73 Å². The number of ether oxygens (including phenoxy) is 2. The largest absolute Gasteiger partial charge is 0.472 e. The van der Waals surface area contributed by atoms with Gasteiger partial charge in [0, 0.05) is 19.4 Å². The number of allylic oxidation sites excluding steroid dienone is 20. The van der Waals surface area contributed by atoms with E-state index in [-0.39, 0.29) is 32.6 Å². The normalized spacial score (nSPS) is 13.9. The number of esters is 2. The van der Waals surface area contributed by atoms with E-state index in [0.29, 0.717) is 6.42 Å². The van der Waals surface area contributed by atoms with E-state index in [1.54, 1.807) is 0 Å². The molecule has 0 aromatic heterocycles. The molecule has 0 heterocycles. The summed E-state index contributed by atoms with van der Waals surface area (Å²) in [6.45, 7) is 3.60. The first-order chi connectivity index (χ1) is 36.3. The van der Waals surface area contributed by atoms with Crippen molar-refractivity contribution in [3.05, 3.63) is 122 Å². The third-order valence-electron chi connectivity index (χ3n) is 12.1. The molecule has 0 aliphatic carbocycles. The molecule has 0 aliphatic rings. The van der Waals surface area contributed by atoms with Crippen molar-refractivity contribution in [1.82, 2.24) is 0 Å². The second kappa shape index (κ2) is 58.7. The van der Waals surface area contributed by atoms with Gasteiger partial charge in [-0.15, -0.1) is 0 Å². The van der Waals surface area contributed by atoms with Crippen LogP contribution in [0.1, 0.15) is 239 Å². The summed E-state index contributed by atoms with van der Waals surface area (Å²) in [5.41, 5.74) is 5.37. The lowest BCUT2D eigenvalue weighted by atomic mass is 10.0. The Hall–Kier alpha value is -3.59. The fourth-order valence-corrected chi connectivity index (χ4v) is 8.51. The molecule has 0 aromatic carbocycles. The lowest BCUT2D eigenvalue weighted by Gasteiger charge is -2.19. The van der Waals surface area contributed by atoms with Gasteiger partial charge in [-0.3, -0.25) is 18.6 Å². The molecule has 0 rings (SSSR count). The summed E-state index contributed by atoms with van der Waals surface area (Å²) in [5, 5.41) is 0. The van der Waals surface area contributed by atoms with Gasteiger partial charge in [0.1, 0.15) is 6.61 Å². The minimum absolute atomic E-state index is 0.0473. The van der Waals surface area contributed by atoms with Gasteiger partial charge in [0.15, 0.2) is 6.10 Å². The lowest BCUT2D eigenvalue weighted by molar-refractivity contribution is -0.161. The van der Waals surface area contributed by atoms with Crippen molar-refractivity contribution < 1.29 is 37.6 Å². The van der Waals surface area contributed by atoms with Crippen LogP contribution in [0.2, 0.25) is 0 Å². The van der Waals surface area contributed by atoms with Crippen LogP contribution < -0.4 is 5.73 Å². The fraction of sp³-hybridized carbons (Fsp3) is 0.656. The summed E-state index contributed by atoms with van der Waals surface area (Å²) < 4.78 is 33.0. The number of hydrogen-bond donors (Lipinski definition) is 2. The molecule has 422 valence electrons. The first-order valence-corrected chi connectivity index (χ1v) is 31.0. The van der Waals surface area contributed by atoms with E-state index in [1.807, 2.05) is 0 Å². The van der Waals surface area contributed by atoms with E-state index in [0.717, 1.165) is 122 Å². The third-order valence-corrected chi connectivity index (χ3v) is 13.1. The van der Waals surface area contributed by atoms with E-state index in [1.165, 1.54) is 83.5 Å². The van der Waals surface area contributed by atoms with Crippen molar-refractivity contribution in [3.8, 4) is 0 Å². The Kier molecular flexibility index (Phi) is 55.8. The van der Waals surface area contributed by atoms with E-state index in [2.05, 4.69) is 135 Å². The highest BCUT2D eigenvalue weighted by molar-refractivity contribution is 7.47. The average Bonchev–Trinajstić information content (AvgIpc) is 3.39. The van der Waals surface area contributed by atoms with E-state index in [4.69, 9.17) is 24.3 Å². The molecule has 0 radical (unpaired) electrons. The minimum Gasteiger partial charge on any atom is -0.462 e. The number of nitrogens with two attached hydrogens (primary N) is 1. The molecule has 0 fully saturated rings. The van der Waals surface area contributed by atoms with Crippen LogP contribution in [0.25, 0.3) is 0 Å². The Morgan fingerprint density at radius 2 is 0.743 bits per heavy atom. The molecule has 0 amide bonds. The Bertz CT molecular complexity index is 1620. The summed E-state index contributed by atoms with van der Waals surface area (Å²) in [7, 11) is -4.39. The molecular formula is C64H108NO8P. The molecule has 9 nitrogen and oxygen atoms in total. The summed E-state index contributed by atoms with van der Waals surface area (Å²) >= 11 is 0. The van der Waals surface area contributed by atoms with Crippen LogP contribution in [-0.4, -0.2) is 49.3 Å². The van der Waals surface area contributed by atoms with Gasteiger partial charge >= 0.3 is 19.8 Å². The van der Waals surface area contributed by atoms with Crippen molar-refractivity contribution in [3.63, 3.8) is 0 Å². The summed E-state index contributed by atoms with van der Waals surface area (Å²) in [6, 6.07) is 0. The quantitative estimate of drug-likeness (QED) is 0.0264. The number of phosphoric ester groups is 1. The molecule has 0 bridgehead atoms. The SMILES string of the molecule is CC/C=C\C/C=C\C/C=C\C/C=C\C/C=C\C/C=C\C/C=C\C/C=C\C/C=C\CCCCCCCCCCCCCC(=O)OC(COC(=O)CCCCCCC/C=C\CCCCCCC)COP(=O)(O)OCCN. The molecule has 10 heteroatoms. The molecule has 0 aliphatic heterocycles. The van der Waals surface area contributed by atoms with Gasteiger partial charge in [-0.1, -0.05) is 238 Å². The van der Waals surface area contributed by atoms with Crippen LogP contribution >= 0.6 is 7.82 Å².